The first kappa shape index (κ1) is 12.9. The Labute approximate surface area is 125 Å². The molecule has 0 saturated carbocycles. The highest BCUT2D eigenvalue weighted by atomic mass is 79.9. The van der Waals surface area contributed by atoms with Crippen LogP contribution in [0.25, 0.3) is 0 Å². The molecule has 0 aliphatic carbocycles. The van der Waals surface area contributed by atoms with E-state index in [1.165, 1.54) is 0 Å². The van der Waals surface area contributed by atoms with Gasteiger partial charge in [-0.2, -0.15) is 0 Å². The number of fused-ring (bicyclic) bond motifs is 1. The molecule has 0 bridgehead atoms. The number of hydrogen-bond donors (Lipinski definition) is 0. The molecule has 1 aromatic carbocycles. The summed E-state index contributed by atoms with van der Waals surface area (Å²) in [5, 5.41) is 0.464. The lowest BCUT2D eigenvalue weighted by molar-refractivity contribution is 0.339. The molecule has 3 rings (SSSR count). The lowest BCUT2D eigenvalue weighted by atomic mass is 10.0. The number of para-hydroxylation sites is 1. The summed E-state index contributed by atoms with van der Waals surface area (Å²) in [6.45, 7) is 2.62. The molecule has 0 saturated heterocycles. The largest absolute Gasteiger partial charge is 0.492 e. The first-order valence-corrected chi connectivity index (χ1v) is 7.31. The van der Waals surface area contributed by atoms with Gasteiger partial charge in [0.05, 0.1) is 16.1 Å². The summed E-state index contributed by atoms with van der Waals surface area (Å²) in [6.07, 6.45) is 0.811. The van der Waals surface area contributed by atoms with Crippen LogP contribution < -0.4 is 4.74 Å². The summed E-state index contributed by atoms with van der Waals surface area (Å²) in [5.74, 6) is 1.70. The Kier molecular flexibility index (Phi) is 3.46. The minimum Gasteiger partial charge on any atom is -0.492 e. The van der Waals surface area contributed by atoms with Gasteiger partial charge in [0.15, 0.2) is 0 Å². The van der Waals surface area contributed by atoms with Crippen LogP contribution in [0, 0.1) is 0 Å². The van der Waals surface area contributed by atoms with E-state index < -0.39 is 0 Å². The van der Waals surface area contributed by atoms with Crippen LogP contribution >= 0.6 is 27.5 Å². The van der Waals surface area contributed by atoms with Crippen molar-refractivity contribution in [1.29, 1.82) is 0 Å². The normalized spacial score (nSPS) is 17.1. The molecule has 0 fully saturated rings. The van der Waals surface area contributed by atoms with E-state index in [1.807, 2.05) is 25.1 Å². The molecule has 0 radical (unpaired) electrons. The van der Waals surface area contributed by atoms with Crippen LogP contribution in [0.2, 0.25) is 5.15 Å². The number of aromatic nitrogens is 2. The van der Waals surface area contributed by atoms with Gasteiger partial charge < -0.3 is 4.74 Å². The fourth-order valence-corrected chi connectivity index (χ4v) is 2.90. The van der Waals surface area contributed by atoms with Crippen LogP contribution in [0.3, 0.4) is 0 Å². The van der Waals surface area contributed by atoms with E-state index in [0.717, 1.165) is 33.7 Å². The molecule has 2 aromatic rings. The van der Waals surface area contributed by atoms with Crippen LogP contribution in [-0.4, -0.2) is 16.6 Å². The summed E-state index contributed by atoms with van der Waals surface area (Å²) in [6, 6.07) is 7.99. The van der Waals surface area contributed by atoms with Gasteiger partial charge >= 0.3 is 0 Å². The van der Waals surface area contributed by atoms with Crippen LogP contribution in [0.5, 0.6) is 5.75 Å². The van der Waals surface area contributed by atoms with E-state index in [0.29, 0.717) is 11.8 Å². The average molecular weight is 340 g/mol. The van der Waals surface area contributed by atoms with E-state index in [2.05, 4.69) is 32.0 Å². The number of rotatable bonds is 2. The topological polar surface area (TPSA) is 35.0 Å². The molecular formula is C14H12BrClN2O. The van der Waals surface area contributed by atoms with Crippen molar-refractivity contribution in [3.05, 3.63) is 51.0 Å². The van der Waals surface area contributed by atoms with E-state index in [4.69, 9.17) is 16.3 Å². The molecule has 1 unspecified atom stereocenters. The Morgan fingerprint density at radius 3 is 2.95 bits per heavy atom. The molecule has 1 aliphatic rings. The second kappa shape index (κ2) is 5.10. The lowest BCUT2D eigenvalue weighted by Crippen LogP contribution is -2.10. The Morgan fingerprint density at radius 1 is 1.37 bits per heavy atom. The summed E-state index contributed by atoms with van der Waals surface area (Å²) < 4.78 is 6.46. The van der Waals surface area contributed by atoms with Gasteiger partial charge in [0, 0.05) is 5.56 Å². The predicted octanol–water partition coefficient (Wildman–Crippen LogP) is 3.98. The van der Waals surface area contributed by atoms with Crippen molar-refractivity contribution in [3.63, 3.8) is 0 Å². The molecule has 98 valence electrons. The van der Waals surface area contributed by atoms with Gasteiger partial charge in [-0.05, 0) is 28.4 Å². The summed E-state index contributed by atoms with van der Waals surface area (Å²) in [7, 11) is 0. The summed E-state index contributed by atoms with van der Waals surface area (Å²) >= 11 is 9.59. The van der Waals surface area contributed by atoms with Gasteiger partial charge in [-0.3, -0.25) is 0 Å². The maximum absolute atomic E-state index is 6.16. The fraction of sp³-hybridized carbons (Fsp3) is 0.286. The molecule has 0 N–H and O–H groups in total. The van der Waals surface area contributed by atoms with Crippen LogP contribution in [0.15, 0.2) is 28.7 Å². The third-order valence-electron chi connectivity index (χ3n) is 3.24. The van der Waals surface area contributed by atoms with E-state index >= 15 is 0 Å². The molecule has 0 amide bonds. The fourth-order valence-electron chi connectivity index (χ4n) is 2.25. The molecular weight excluding hydrogens is 328 g/mol. The molecule has 3 nitrogen and oxygen atoms in total. The number of ether oxygens (including phenoxy) is 1. The molecule has 2 heterocycles. The first-order valence-electron chi connectivity index (χ1n) is 6.14. The highest BCUT2D eigenvalue weighted by Crippen LogP contribution is 2.37. The molecule has 0 spiro atoms. The monoisotopic (exact) mass is 338 g/mol. The molecule has 1 aliphatic heterocycles. The first-order chi connectivity index (χ1) is 9.20. The molecule has 1 aromatic heterocycles. The Hall–Kier alpha value is -1.13. The summed E-state index contributed by atoms with van der Waals surface area (Å²) in [5.41, 5.74) is 2.06. The predicted molar refractivity (Wildman–Crippen MR) is 77.9 cm³/mol. The average Bonchev–Trinajstić information content (AvgIpc) is 2.85. The highest BCUT2D eigenvalue weighted by Gasteiger charge is 2.28. The minimum atomic E-state index is 0.0621. The van der Waals surface area contributed by atoms with Crippen LogP contribution in [0.4, 0.5) is 0 Å². The minimum absolute atomic E-state index is 0.0621. The van der Waals surface area contributed by atoms with Gasteiger partial charge in [-0.15, -0.1) is 0 Å². The van der Waals surface area contributed by atoms with E-state index in [-0.39, 0.29) is 5.92 Å². The molecule has 19 heavy (non-hydrogen) atoms. The van der Waals surface area contributed by atoms with Crippen molar-refractivity contribution in [2.24, 2.45) is 0 Å². The maximum Gasteiger partial charge on any atom is 0.147 e. The van der Waals surface area contributed by atoms with Crippen molar-refractivity contribution in [1.82, 2.24) is 9.97 Å². The zero-order valence-electron chi connectivity index (χ0n) is 10.4. The Morgan fingerprint density at radius 2 is 2.16 bits per heavy atom. The van der Waals surface area contributed by atoms with Crippen LogP contribution in [0.1, 0.15) is 29.9 Å². The zero-order valence-corrected chi connectivity index (χ0v) is 12.7. The van der Waals surface area contributed by atoms with Crippen molar-refractivity contribution >= 4 is 27.5 Å². The third kappa shape index (κ3) is 2.23. The summed E-state index contributed by atoms with van der Waals surface area (Å²) in [4.78, 5) is 9.00. The second-order valence-electron chi connectivity index (χ2n) is 4.39. The van der Waals surface area contributed by atoms with Crippen molar-refractivity contribution < 1.29 is 4.74 Å². The van der Waals surface area contributed by atoms with Crippen LogP contribution in [-0.2, 0) is 6.42 Å². The van der Waals surface area contributed by atoms with Gasteiger partial charge in [0.25, 0.3) is 0 Å². The van der Waals surface area contributed by atoms with E-state index in [9.17, 15) is 0 Å². The molecule has 1 atom stereocenters. The lowest BCUT2D eigenvalue weighted by Gasteiger charge is -2.11. The van der Waals surface area contributed by atoms with Gasteiger partial charge in [-0.25, -0.2) is 9.97 Å². The van der Waals surface area contributed by atoms with Gasteiger partial charge in [0.2, 0.25) is 0 Å². The van der Waals surface area contributed by atoms with Gasteiger partial charge in [0.1, 0.15) is 23.3 Å². The smallest absolute Gasteiger partial charge is 0.147 e. The van der Waals surface area contributed by atoms with Crippen molar-refractivity contribution in [3.8, 4) is 5.75 Å². The number of hydrogen-bond acceptors (Lipinski definition) is 3. The zero-order chi connectivity index (χ0) is 13.4. The Bertz CT molecular complexity index is 633. The Balaban J connectivity index is 2.07. The highest BCUT2D eigenvalue weighted by molar-refractivity contribution is 9.10. The van der Waals surface area contributed by atoms with Gasteiger partial charge in [-0.1, -0.05) is 36.7 Å². The third-order valence-corrected chi connectivity index (χ3v) is 4.58. The molecule has 5 heteroatoms. The van der Waals surface area contributed by atoms with Crippen molar-refractivity contribution in [2.75, 3.05) is 6.61 Å². The number of halogens is 2. The SMILES string of the molecule is CCc1nc(C2COc3ccccc32)nc(Cl)c1Br. The quantitative estimate of drug-likeness (QED) is 0.776. The standard InChI is InChI=1S/C14H12BrClN2O/c1-2-10-12(15)13(16)18-14(17-10)9-7-19-11-6-4-3-5-8(9)11/h3-6,9H,2,7H2,1H3. The maximum atomic E-state index is 6.16. The number of nitrogens with zero attached hydrogens (tertiary/aromatic N) is 2. The number of aryl methyl sites for hydroxylation is 1. The second-order valence-corrected chi connectivity index (χ2v) is 5.54. The van der Waals surface area contributed by atoms with E-state index in [1.54, 1.807) is 0 Å². The van der Waals surface area contributed by atoms with Crippen molar-refractivity contribution in [2.45, 2.75) is 19.3 Å². The number of benzene rings is 1.